The Bertz CT molecular complexity index is 217. The van der Waals surface area contributed by atoms with Crippen molar-refractivity contribution >= 4 is 0 Å². The molecule has 0 saturated heterocycles. The standard InChI is InChI=1S/C15H30N2/c1-3-11-17(4-2)13-15(9-5-6-10-15)12-16-14-7-8-14/h14,16H,3-13H2,1-2H3. The third kappa shape index (κ3) is 3.96. The van der Waals surface area contributed by atoms with Crippen LogP contribution in [0.1, 0.15) is 58.8 Å². The molecular formula is C15H30N2. The molecule has 0 aliphatic heterocycles. The van der Waals surface area contributed by atoms with E-state index in [-0.39, 0.29) is 0 Å². The number of hydrogen-bond donors (Lipinski definition) is 1. The lowest BCUT2D eigenvalue weighted by atomic mass is 9.85. The van der Waals surface area contributed by atoms with Crippen molar-refractivity contribution in [1.29, 1.82) is 0 Å². The maximum absolute atomic E-state index is 3.78. The summed E-state index contributed by atoms with van der Waals surface area (Å²) in [4.78, 5) is 2.67. The Labute approximate surface area is 107 Å². The Morgan fingerprint density at radius 1 is 1.18 bits per heavy atom. The first-order chi connectivity index (χ1) is 8.28. The molecule has 2 aliphatic rings. The van der Waals surface area contributed by atoms with E-state index < -0.39 is 0 Å². The second-order valence-electron chi connectivity index (χ2n) is 6.23. The minimum absolute atomic E-state index is 0.605. The smallest absolute Gasteiger partial charge is 0.00684 e. The molecule has 100 valence electrons. The summed E-state index contributed by atoms with van der Waals surface area (Å²) >= 11 is 0. The van der Waals surface area contributed by atoms with Gasteiger partial charge in [0, 0.05) is 19.1 Å². The van der Waals surface area contributed by atoms with Crippen LogP contribution in [-0.2, 0) is 0 Å². The van der Waals surface area contributed by atoms with Crippen LogP contribution in [0.15, 0.2) is 0 Å². The minimum atomic E-state index is 0.605. The van der Waals surface area contributed by atoms with E-state index in [1.807, 2.05) is 0 Å². The van der Waals surface area contributed by atoms with Gasteiger partial charge in [0.2, 0.25) is 0 Å². The SMILES string of the molecule is CCCN(CC)CC1(CNC2CC2)CCCC1. The zero-order valence-corrected chi connectivity index (χ0v) is 11.8. The Balaban J connectivity index is 1.84. The Hall–Kier alpha value is -0.0800. The van der Waals surface area contributed by atoms with E-state index in [1.165, 1.54) is 71.1 Å². The molecule has 2 rings (SSSR count). The van der Waals surface area contributed by atoms with E-state index >= 15 is 0 Å². The summed E-state index contributed by atoms with van der Waals surface area (Å²) in [5, 5.41) is 3.78. The Morgan fingerprint density at radius 2 is 1.88 bits per heavy atom. The number of hydrogen-bond acceptors (Lipinski definition) is 2. The van der Waals surface area contributed by atoms with Crippen molar-refractivity contribution in [3.63, 3.8) is 0 Å². The van der Waals surface area contributed by atoms with Crippen LogP contribution in [0, 0.1) is 5.41 Å². The van der Waals surface area contributed by atoms with Crippen LogP contribution in [0.25, 0.3) is 0 Å². The molecule has 1 N–H and O–H groups in total. The molecule has 0 bridgehead atoms. The van der Waals surface area contributed by atoms with Crippen LogP contribution in [0.2, 0.25) is 0 Å². The highest BCUT2D eigenvalue weighted by molar-refractivity contribution is 4.92. The lowest BCUT2D eigenvalue weighted by molar-refractivity contribution is 0.153. The predicted octanol–water partition coefficient (Wildman–Crippen LogP) is 3.03. The van der Waals surface area contributed by atoms with Gasteiger partial charge in [-0.2, -0.15) is 0 Å². The fraction of sp³-hybridized carbons (Fsp3) is 1.00. The summed E-state index contributed by atoms with van der Waals surface area (Å²) in [7, 11) is 0. The van der Waals surface area contributed by atoms with Gasteiger partial charge in [0.15, 0.2) is 0 Å². The zero-order chi connectivity index (χ0) is 12.1. The molecule has 17 heavy (non-hydrogen) atoms. The quantitative estimate of drug-likeness (QED) is 0.699. The highest BCUT2D eigenvalue weighted by Gasteiger charge is 2.36. The van der Waals surface area contributed by atoms with E-state index in [4.69, 9.17) is 0 Å². The first-order valence-electron chi connectivity index (χ1n) is 7.74. The summed E-state index contributed by atoms with van der Waals surface area (Å²) in [6.45, 7) is 9.72. The summed E-state index contributed by atoms with van der Waals surface area (Å²) in [5.74, 6) is 0. The van der Waals surface area contributed by atoms with E-state index in [9.17, 15) is 0 Å². The van der Waals surface area contributed by atoms with Gasteiger partial charge in [0.1, 0.15) is 0 Å². The second-order valence-corrected chi connectivity index (χ2v) is 6.23. The lowest BCUT2D eigenvalue weighted by Crippen LogP contribution is -2.43. The van der Waals surface area contributed by atoms with E-state index in [0.29, 0.717) is 5.41 Å². The molecule has 0 aromatic carbocycles. The van der Waals surface area contributed by atoms with Gasteiger partial charge in [0.05, 0.1) is 0 Å². The lowest BCUT2D eigenvalue weighted by Gasteiger charge is -2.35. The third-order valence-electron chi connectivity index (χ3n) is 4.55. The molecule has 0 unspecified atom stereocenters. The molecule has 2 heteroatoms. The molecule has 2 fully saturated rings. The first kappa shape index (κ1) is 13.4. The van der Waals surface area contributed by atoms with Gasteiger partial charge in [-0.1, -0.05) is 26.7 Å². The molecule has 0 spiro atoms. The van der Waals surface area contributed by atoms with Gasteiger partial charge in [-0.3, -0.25) is 0 Å². The summed E-state index contributed by atoms with van der Waals surface area (Å²) in [6, 6.07) is 0.869. The molecule has 0 aromatic heterocycles. The molecule has 2 saturated carbocycles. The van der Waals surface area contributed by atoms with Crippen LogP contribution in [0.5, 0.6) is 0 Å². The molecule has 0 aromatic rings. The van der Waals surface area contributed by atoms with Crippen LogP contribution in [0.3, 0.4) is 0 Å². The van der Waals surface area contributed by atoms with Crippen molar-refractivity contribution < 1.29 is 0 Å². The van der Waals surface area contributed by atoms with Crippen molar-refractivity contribution in [3.05, 3.63) is 0 Å². The molecule has 0 atom stereocenters. The fourth-order valence-corrected chi connectivity index (χ4v) is 3.30. The largest absolute Gasteiger partial charge is 0.313 e. The third-order valence-corrected chi connectivity index (χ3v) is 4.55. The number of rotatable bonds is 8. The molecule has 2 aliphatic carbocycles. The van der Waals surface area contributed by atoms with Gasteiger partial charge in [-0.15, -0.1) is 0 Å². The summed E-state index contributed by atoms with van der Waals surface area (Å²) in [6.07, 6.45) is 9.94. The zero-order valence-electron chi connectivity index (χ0n) is 11.8. The number of nitrogens with zero attached hydrogens (tertiary/aromatic N) is 1. The van der Waals surface area contributed by atoms with E-state index in [1.54, 1.807) is 0 Å². The van der Waals surface area contributed by atoms with Crippen molar-refractivity contribution in [3.8, 4) is 0 Å². The molecule has 0 heterocycles. The predicted molar refractivity (Wildman–Crippen MR) is 74.3 cm³/mol. The van der Waals surface area contributed by atoms with E-state index in [2.05, 4.69) is 24.1 Å². The van der Waals surface area contributed by atoms with Crippen LogP contribution >= 0.6 is 0 Å². The van der Waals surface area contributed by atoms with Crippen molar-refractivity contribution in [1.82, 2.24) is 10.2 Å². The second kappa shape index (κ2) is 6.19. The van der Waals surface area contributed by atoms with Crippen molar-refractivity contribution in [2.24, 2.45) is 5.41 Å². The average molecular weight is 238 g/mol. The maximum atomic E-state index is 3.78. The van der Waals surface area contributed by atoms with Gasteiger partial charge in [-0.05, 0) is 50.6 Å². The molecule has 0 radical (unpaired) electrons. The summed E-state index contributed by atoms with van der Waals surface area (Å²) < 4.78 is 0. The van der Waals surface area contributed by atoms with Crippen LogP contribution in [0.4, 0.5) is 0 Å². The van der Waals surface area contributed by atoms with Crippen molar-refractivity contribution in [2.75, 3.05) is 26.2 Å². The highest BCUT2D eigenvalue weighted by Crippen LogP contribution is 2.39. The monoisotopic (exact) mass is 238 g/mol. The first-order valence-corrected chi connectivity index (χ1v) is 7.74. The molecule has 0 amide bonds. The number of nitrogens with one attached hydrogen (secondary N) is 1. The van der Waals surface area contributed by atoms with Crippen LogP contribution < -0.4 is 5.32 Å². The maximum Gasteiger partial charge on any atom is 0.00684 e. The summed E-state index contributed by atoms with van der Waals surface area (Å²) in [5.41, 5.74) is 0.605. The normalized spacial score (nSPS) is 23.5. The highest BCUT2D eigenvalue weighted by atomic mass is 15.1. The van der Waals surface area contributed by atoms with Crippen LogP contribution in [-0.4, -0.2) is 37.1 Å². The van der Waals surface area contributed by atoms with Gasteiger partial charge < -0.3 is 10.2 Å². The fourth-order valence-electron chi connectivity index (χ4n) is 3.30. The molecular weight excluding hydrogens is 208 g/mol. The van der Waals surface area contributed by atoms with Gasteiger partial charge in [0.25, 0.3) is 0 Å². The van der Waals surface area contributed by atoms with E-state index in [0.717, 1.165) is 6.04 Å². The Morgan fingerprint density at radius 3 is 2.41 bits per heavy atom. The topological polar surface area (TPSA) is 15.3 Å². The van der Waals surface area contributed by atoms with Gasteiger partial charge >= 0.3 is 0 Å². The Kier molecular flexibility index (Phi) is 4.87. The average Bonchev–Trinajstić information content (AvgIpc) is 3.07. The van der Waals surface area contributed by atoms with Gasteiger partial charge in [-0.25, -0.2) is 0 Å². The molecule has 2 nitrogen and oxygen atoms in total. The minimum Gasteiger partial charge on any atom is -0.313 e. The van der Waals surface area contributed by atoms with Crippen molar-refractivity contribution in [2.45, 2.75) is 64.8 Å².